The molecule has 0 radical (unpaired) electrons. The van der Waals surface area contributed by atoms with Gasteiger partial charge in [-0.1, -0.05) is 29.5 Å². The van der Waals surface area contributed by atoms with E-state index in [0.717, 1.165) is 30.9 Å². The molecule has 0 bridgehead atoms. The van der Waals surface area contributed by atoms with Crippen LogP contribution in [0.25, 0.3) is 0 Å². The highest BCUT2D eigenvalue weighted by Crippen LogP contribution is 2.38. The standard InChI is InChI=1S/C22H24N4O4S/c1-28-17-12-15(13-18(29-2)20(17)30-3)21(27)23-22-25-24-19(31-22)9-11-26-10-8-14-6-4-5-7-16(14)26/h4-7,12-13H,8-11H2,1-3H3,(H,23,25,27). The van der Waals surface area contributed by atoms with Crippen molar-refractivity contribution in [3.8, 4) is 17.2 Å². The maximum atomic E-state index is 12.7. The molecule has 1 aliphatic heterocycles. The van der Waals surface area contributed by atoms with Crippen molar-refractivity contribution in [1.82, 2.24) is 10.2 Å². The number of amides is 1. The van der Waals surface area contributed by atoms with Crippen molar-refractivity contribution in [3.63, 3.8) is 0 Å². The number of anilines is 2. The number of hydrogen-bond donors (Lipinski definition) is 1. The van der Waals surface area contributed by atoms with Gasteiger partial charge in [-0.3, -0.25) is 10.1 Å². The predicted molar refractivity (Wildman–Crippen MR) is 120 cm³/mol. The van der Waals surface area contributed by atoms with Crippen LogP contribution in [0, 0.1) is 0 Å². The van der Waals surface area contributed by atoms with E-state index in [1.807, 2.05) is 0 Å². The molecule has 0 aliphatic carbocycles. The molecule has 1 N–H and O–H groups in total. The van der Waals surface area contributed by atoms with Crippen LogP contribution in [0.1, 0.15) is 20.9 Å². The summed E-state index contributed by atoms with van der Waals surface area (Å²) in [6, 6.07) is 11.7. The molecule has 4 rings (SSSR count). The maximum Gasteiger partial charge on any atom is 0.257 e. The largest absolute Gasteiger partial charge is 0.493 e. The lowest BCUT2D eigenvalue weighted by molar-refractivity contribution is 0.102. The van der Waals surface area contributed by atoms with Crippen LogP contribution in [0.15, 0.2) is 36.4 Å². The van der Waals surface area contributed by atoms with Gasteiger partial charge in [0.1, 0.15) is 5.01 Å². The molecule has 0 saturated carbocycles. The number of hydrogen-bond acceptors (Lipinski definition) is 8. The number of rotatable bonds is 8. The Labute approximate surface area is 184 Å². The van der Waals surface area contributed by atoms with Gasteiger partial charge in [0.2, 0.25) is 10.9 Å². The monoisotopic (exact) mass is 440 g/mol. The van der Waals surface area contributed by atoms with Gasteiger partial charge in [0.15, 0.2) is 11.5 Å². The molecule has 3 aromatic rings. The molecule has 1 aromatic heterocycles. The second-order valence-corrected chi connectivity index (χ2v) is 8.05. The molecule has 31 heavy (non-hydrogen) atoms. The first-order valence-electron chi connectivity index (χ1n) is 9.89. The summed E-state index contributed by atoms with van der Waals surface area (Å²) in [6.45, 7) is 1.88. The van der Waals surface area contributed by atoms with Crippen molar-refractivity contribution in [1.29, 1.82) is 0 Å². The fourth-order valence-corrected chi connectivity index (χ4v) is 4.38. The zero-order chi connectivity index (χ0) is 21.8. The summed E-state index contributed by atoms with van der Waals surface area (Å²) < 4.78 is 15.9. The number of fused-ring (bicyclic) bond motifs is 1. The van der Waals surface area contributed by atoms with Gasteiger partial charge in [-0.05, 0) is 30.2 Å². The summed E-state index contributed by atoms with van der Waals surface area (Å²) in [7, 11) is 4.53. The molecule has 0 spiro atoms. The average molecular weight is 441 g/mol. The minimum absolute atomic E-state index is 0.324. The van der Waals surface area contributed by atoms with Crippen LogP contribution in [0.3, 0.4) is 0 Å². The highest BCUT2D eigenvalue weighted by atomic mass is 32.1. The zero-order valence-corrected chi connectivity index (χ0v) is 18.5. The van der Waals surface area contributed by atoms with E-state index in [1.165, 1.54) is 43.9 Å². The summed E-state index contributed by atoms with van der Waals surface area (Å²) in [4.78, 5) is 15.1. The molecule has 2 aromatic carbocycles. The minimum atomic E-state index is -0.324. The summed E-state index contributed by atoms with van der Waals surface area (Å²) in [5.41, 5.74) is 3.06. The Morgan fingerprint density at radius 2 is 1.84 bits per heavy atom. The number of carbonyl (C=O) groups is 1. The van der Waals surface area contributed by atoms with Crippen molar-refractivity contribution >= 4 is 28.1 Å². The Balaban J connectivity index is 1.40. The van der Waals surface area contributed by atoms with Crippen LogP contribution >= 0.6 is 11.3 Å². The first kappa shape index (κ1) is 20.9. The molecular weight excluding hydrogens is 416 g/mol. The summed E-state index contributed by atoms with van der Waals surface area (Å²) in [6.07, 6.45) is 1.84. The fourth-order valence-electron chi connectivity index (χ4n) is 3.66. The Hall–Kier alpha value is -3.33. The zero-order valence-electron chi connectivity index (χ0n) is 17.7. The first-order valence-corrected chi connectivity index (χ1v) is 10.7. The fraction of sp³-hybridized carbons (Fsp3) is 0.318. The van der Waals surface area contributed by atoms with Crippen LogP contribution in [0.2, 0.25) is 0 Å². The lowest BCUT2D eigenvalue weighted by Crippen LogP contribution is -2.23. The quantitative estimate of drug-likeness (QED) is 0.574. The normalized spacial score (nSPS) is 12.4. The van der Waals surface area contributed by atoms with Gasteiger partial charge in [0.05, 0.1) is 21.3 Å². The minimum Gasteiger partial charge on any atom is -0.493 e. The van der Waals surface area contributed by atoms with Gasteiger partial charge < -0.3 is 19.1 Å². The van der Waals surface area contributed by atoms with E-state index >= 15 is 0 Å². The number of nitrogens with zero attached hydrogens (tertiary/aromatic N) is 3. The van der Waals surface area contributed by atoms with E-state index in [2.05, 4.69) is 44.7 Å². The summed E-state index contributed by atoms with van der Waals surface area (Å²) in [5, 5.41) is 12.5. The van der Waals surface area contributed by atoms with Crippen molar-refractivity contribution in [2.75, 3.05) is 44.6 Å². The van der Waals surface area contributed by atoms with E-state index in [-0.39, 0.29) is 5.91 Å². The average Bonchev–Trinajstić information content (AvgIpc) is 3.43. The summed E-state index contributed by atoms with van der Waals surface area (Å²) >= 11 is 1.38. The lowest BCUT2D eigenvalue weighted by Gasteiger charge is -2.18. The number of nitrogens with one attached hydrogen (secondary N) is 1. The molecular formula is C22H24N4O4S. The molecule has 1 amide bonds. The van der Waals surface area contributed by atoms with Crippen LogP contribution in [-0.4, -0.2) is 50.5 Å². The molecule has 8 nitrogen and oxygen atoms in total. The number of aromatic nitrogens is 2. The van der Waals surface area contributed by atoms with E-state index in [4.69, 9.17) is 14.2 Å². The van der Waals surface area contributed by atoms with Gasteiger partial charge in [-0.25, -0.2) is 0 Å². The van der Waals surface area contributed by atoms with E-state index in [1.54, 1.807) is 12.1 Å². The van der Waals surface area contributed by atoms with E-state index in [0.29, 0.717) is 27.9 Å². The van der Waals surface area contributed by atoms with Gasteiger partial charge in [0, 0.05) is 30.8 Å². The third-order valence-electron chi connectivity index (χ3n) is 5.19. The van der Waals surface area contributed by atoms with Gasteiger partial charge in [-0.15, -0.1) is 10.2 Å². The van der Waals surface area contributed by atoms with Crippen LogP contribution < -0.4 is 24.4 Å². The third kappa shape index (κ3) is 4.41. The molecule has 162 valence electrons. The SMILES string of the molecule is COc1cc(C(=O)Nc2nnc(CCN3CCc4ccccc43)s2)cc(OC)c1OC. The van der Waals surface area contributed by atoms with Crippen molar-refractivity contribution in [2.45, 2.75) is 12.8 Å². The van der Waals surface area contributed by atoms with Crippen molar-refractivity contribution in [2.24, 2.45) is 0 Å². The third-order valence-corrected chi connectivity index (χ3v) is 6.09. The Morgan fingerprint density at radius 1 is 1.10 bits per heavy atom. The number of methoxy groups -OCH3 is 3. The van der Waals surface area contributed by atoms with Crippen LogP contribution in [0.4, 0.5) is 10.8 Å². The molecule has 0 unspecified atom stereocenters. The smallest absolute Gasteiger partial charge is 0.257 e. The highest BCUT2D eigenvalue weighted by molar-refractivity contribution is 7.15. The molecule has 0 saturated heterocycles. The maximum absolute atomic E-state index is 12.7. The molecule has 1 aliphatic rings. The van der Waals surface area contributed by atoms with Crippen molar-refractivity contribution in [3.05, 3.63) is 52.5 Å². The first-order chi connectivity index (χ1) is 15.1. The van der Waals surface area contributed by atoms with E-state index in [9.17, 15) is 4.79 Å². The molecule has 2 heterocycles. The highest BCUT2D eigenvalue weighted by Gasteiger charge is 2.20. The second-order valence-electron chi connectivity index (χ2n) is 6.98. The lowest BCUT2D eigenvalue weighted by atomic mass is 10.1. The molecule has 0 fully saturated rings. The van der Waals surface area contributed by atoms with Gasteiger partial charge >= 0.3 is 0 Å². The molecule has 9 heteroatoms. The van der Waals surface area contributed by atoms with Gasteiger partial charge in [0.25, 0.3) is 5.91 Å². The summed E-state index contributed by atoms with van der Waals surface area (Å²) in [5.74, 6) is 0.936. The van der Waals surface area contributed by atoms with Crippen LogP contribution in [0.5, 0.6) is 17.2 Å². The Morgan fingerprint density at radius 3 is 2.55 bits per heavy atom. The number of benzene rings is 2. The number of para-hydroxylation sites is 1. The van der Waals surface area contributed by atoms with Crippen LogP contribution in [-0.2, 0) is 12.8 Å². The van der Waals surface area contributed by atoms with E-state index < -0.39 is 0 Å². The van der Waals surface area contributed by atoms with Gasteiger partial charge in [-0.2, -0.15) is 0 Å². The van der Waals surface area contributed by atoms with Crippen molar-refractivity contribution < 1.29 is 19.0 Å². The molecule has 0 atom stereocenters. The number of carbonyl (C=O) groups excluding carboxylic acids is 1. The second kappa shape index (κ2) is 9.22. The Kier molecular flexibility index (Phi) is 6.22. The Bertz CT molecular complexity index is 1060. The topological polar surface area (TPSA) is 85.8 Å². The predicted octanol–water partition coefficient (Wildman–Crippen LogP) is 3.42. The number of ether oxygens (including phenoxy) is 3.